The molecule has 0 bridgehead atoms. The summed E-state index contributed by atoms with van der Waals surface area (Å²) < 4.78 is 0. The van der Waals surface area contributed by atoms with Crippen LogP contribution in [0.5, 0.6) is 5.75 Å². The van der Waals surface area contributed by atoms with E-state index in [0.29, 0.717) is 21.5 Å². The zero-order chi connectivity index (χ0) is 18.7. The quantitative estimate of drug-likeness (QED) is 0.460. The molecule has 3 aromatic rings. The smallest absolute Gasteiger partial charge is 0.289 e. The second-order valence-electron chi connectivity index (χ2n) is 5.48. The van der Waals surface area contributed by atoms with E-state index in [2.05, 4.69) is 20.7 Å². The monoisotopic (exact) mass is 388 g/mol. The highest BCUT2D eigenvalue weighted by atomic mass is 35.5. The Hall–Kier alpha value is -2.83. The summed E-state index contributed by atoms with van der Waals surface area (Å²) in [4.78, 5) is 12.2. The minimum atomic E-state index is -0.429. The fourth-order valence-electron chi connectivity index (χ4n) is 2.20. The van der Waals surface area contributed by atoms with Crippen molar-refractivity contribution < 1.29 is 9.90 Å². The van der Waals surface area contributed by atoms with E-state index >= 15 is 0 Å². The molecule has 0 spiro atoms. The van der Waals surface area contributed by atoms with Gasteiger partial charge in [0, 0.05) is 5.56 Å². The number of benzene rings is 2. The van der Waals surface area contributed by atoms with Crippen LogP contribution in [0.25, 0.3) is 11.3 Å². The Kier molecular flexibility index (Phi) is 5.25. The highest BCUT2D eigenvalue weighted by molar-refractivity contribution is 6.42. The Bertz CT molecular complexity index is 981. The predicted octanol–water partition coefficient (Wildman–Crippen LogP) is 4.24. The summed E-state index contributed by atoms with van der Waals surface area (Å²) in [6, 6.07) is 13.2. The van der Waals surface area contributed by atoms with Crippen molar-refractivity contribution >= 4 is 34.8 Å². The highest BCUT2D eigenvalue weighted by Gasteiger charge is 2.12. The third kappa shape index (κ3) is 4.04. The minimum absolute atomic E-state index is 0.165. The number of hydrazone groups is 1. The van der Waals surface area contributed by atoms with E-state index < -0.39 is 5.91 Å². The normalized spacial score (nSPS) is 11.4. The van der Waals surface area contributed by atoms with Gasteiger partial charge in [-0.05, 0) is 55.0 Å². The summed E-state index contributed by atoms with van der Waals surface area (Å²) >= 11 is 11.9. The van der Waals surface area contributed by atoms with E-state index in [4.69, 9.17) is 23.2 Å². The Morgan fingerprint density at radius 3 is 2.54 bits per heavy atom. The van der Waals surface area contributed by atoms with E-state index in [1.54, 1.807) is 55.5 Å². The number of carbonyl (C=O) groups is 1. The molecule has 3 N–H and O–H groups in total. The first kappa shape index (κ1) is 18.0. The molecule has 0 radical (unpaired) electrons. The van der Waals surface area contributed by atoms with Crippen LogP contribution in [0, 0.1) is 0 Å². The molecule has 1 amide bonds. The van der Waals surface area contributed by atoms with Gasteiger partial charge in [-0.25, -0.2) is 5.43 Å². The lowest BCUT2D eigenvalue weighted by Gasteiger charge is -2.02. The average molecular weight is 389 g/mol. The zero-order valence-electron chi connectivity index (χ0n) is 13.6. The number of nitrogens with one attached hydrogen (secondary N) is 2. The molecule has 0 fully saturated rings. The maximum atomic E-state index is 12.2. The third-order valence-corrected chi connectivity index (χ3v) is 4.39. The van der Waals surface area contributed by atoms with Gasteiger partial charge >= 0.3 is 0 Å². The van der Waals surface area contributed by atoms with Crippen LogP contribution in [0.1, 0.15) is 23.0 Å². The van der Waals surface area contributed by atoms with Gasteiger partial charge in [-0.15, -0.1) is 0 Å². The fraction of sp³-hybridized carbons (Fsp3) is 0.0556. The van der Waals surface area contributed by atoms with Crippen molar-refractivity contribution in [3.8, 4) is 17.0 Å². The molecule has 0 atom stereocenters. The Morgan fingerprint density at radius 1 is 1.12 bits per heavy atom. The average Bonchev–Trinajstić information content (AvgIpc) is 3.12. The zero-order valence-corrected chi connectivity index (χ0v) is 15.1. The number of hydrogen-bond donors (Lipinski definition) is 3. The maximum absolute atomic E-state index is 12.2. The van der Waals surface area contributed by atoms with Gasteiger partial charge in [-0.3, -0.25) is 9.89 Å². The maximum Gasteiger partial charge on any atom is 0.289 e. The van der Waals surface area contributed by atoms with Crippen molar-refractivity contribution in [3.05, 3.63) is 69.8 Å². The molecule has 0 saturated heterocycles. The Morgan fingerprint density at radius 2 is 1.85 bits per heavy atom. The van der Waals surface area contributed by atoms with Crippen molar-refractivity contribution in [2.24, 2.45) is 5.10 Å². The van der Waals surface area contributed by atoms with Gasteiger partial charge in [0.05, 0.1) is 21.5 Å². The van der Waals surface area contributed by atoms with Crippen LogP contribution in [0.15, 0.2) is 53.6 Å². The van der Waals surface area contributed by atoms with Gasteiger partial charge in [0.2, 0.25) is 0 Å². The third-order valence-electron chi connectivity index (χ3n) is 3.65. The van der Waals surface area contributed by atoms with Crippen LogP contribution in [-0.2, 0) is 0 Å². The number of hydrogen-bond acceptors (Lipinski definition) is 4. The largest absolute Gasteiger partial charge is 0.508 e. The molecule has 3 rings (SSSR count). The molecule has 26 heavy (non-hydrogen) atoms. The van der Waals surface area contributed by atoms with E-state index in [1.165, 1.54) is 0 Å². The van der Waals surface area contributed by atoms with Crippen LogP contribution in [0.2, 0.25) is 10.0 Å². The summed E-state index contributed by atoms with van der Waals surface area (Å²) in [6.07, 6.45) is 0. The molecule has 0 aliphatic heterocycles. The van der Waals surface area contributed by atoms with Gasteiger partial charge < -0.3 is 5.11 Å². The van der Waals surface area contributed by atoms with E-state index in [1.807, 2.05) is 0 Å². The number of phenolic OH excluding ortho intramolecular Hbond substituents is 1. The van der Waals surface area contributed by atoms with E-state index in [-0.39, 0.29) is 11.4 Å². The van der Waals surface area contributed by atoms with Crippen molar-refractivity contribution in [3.63, 3.8) is 0 Å². The highest BCUT2D eigenvalue weighted by Crippen LogP contribution is 2.27. The molecule has 6 nitrogen and oxygen atoms in total. The van der Waals surface area contributed by atoms with Crippen LogP contribution < -0.4 is 5.43 Å². The standard InChI is InChI=1S/C18H14Cl2N4O2/c1-10(11-2-5-13(25)6-3-11)21-24-18(26)17-9-16(22-23-17)12-4-7-14(19)15(20)8-12/h2-9,25H,1H3,(H,22,23)(H,24,26). The number of H-pyrrole nitrogens is 1. The molecule has 0 aliphatic carbocycles. The second-order valence-corrected chi connectivity index (χ2v) is 6.30. The van der Waals surface area contributed by atoms with Crippen LogP contribution in [-0.4, -0.2) is 26.9 Å². The first-order valence-electron chi connectivity index (χ1n) is 7.59. The first-order valence-corrected chi connectivity index (χ1v) is 8.34. The van der Waals surface area contributed by atoms with Gasteiger partial charge in [0.15, 0.2) is 0 Å². The summed E-state index contributed by atoms with van der Waals surface area (Å²) in [5.41, 5.74) is 5.40. The molecule has 0 unspecified atom stereocenters. The van der Waals surface area contributed by atoms with Crippen LogP contribution >= 0.6 is 23.2 Å². The van der Waals surface area contributed by atoms with Crippen LogP contribution in [0.3, 0.4) is 0 Å². The number of carbonyl (C=O) groups excluding carboxylic acids is 1. The van der Waals surface area contributed by atoms with Crippen molar-refractivity contribution in [1.82, 2.24) is 15.6 Å². The van der Waals surface area contributed by atoms with Gasteiger partial charge in [0.1, 0.15) is 11.4 Å². The SMILES string of the molecule is CC(=NNC(=O)c1cc(-c2ccc(Cl)c(Cl)c2)n[nH]1)c1ccc(O)cc1. The van der Waals surface area contributed by atoms with Crippen molar-refractivity contribution in [1.29, 1.82) is 0 Å². The predicted molar refractivity (Wildman–Crippen MR) is 102 cm³/mol. The molecular weight excluding hydrogens is 375 g/mol. The number of rotatable bonds is 4. The lowest BCUT2D eigenvalue weighted by molar-refractivity contribution is 0.0950. The molecule has 1 aromatic heterocycles. The van der Waals surface area contributed by atoms with Gasteiger partial charge in [0.25, 0.3) is 5.91 Å². The van der Waals surface area contributed by atoms with E-state index in [9.17, 15) is 9.90 Å². The first-order chi connectivity index (χ1) is 12.4. The molecule has 2 aromatic carbocycles. The molecule has 0 saturated carbocycles. The summed E-state index contributed by atoms with van der Waals surface area (Å²) in [5, 5.41) is 21.0. The topological polar surface area (TPSA) is 90.4 Å². The molecule has 132 valence electrons. The van der Waals surface area contributed by atoms with Crippen molar-refractivity contribution in [2.75, 3.05) is 0 Å². The fourth-order valence-corrected chi connectivity index (χ4v) is 2.50. The summed E-state index contributed by atoms with van der Waals surface area (Å²) in [7, 11) is 0. The minimum Gasteiger partial charge on any atom is -0.508 e. The molecular formula is C18H14Cl2N4O2. The molecule has 8 heteroatoms. The number of aromatic hydroxyl groups is 1. The Balaban J connectivity index is 1.72. The van der Waals surface area contributed by atoms with Crippen molar-refractivity contribution in [2.45, 2.75) is 6.92 Å². The lowest BCUT2D eigenvalue weighted by Crippen LogP contribution is -2.19. The van der Waals surface area contributed by atoms with Gasteiger partial charge in [-0.2, -0.15) is 10.2 Å². The number of aromatic nitrogens is 2. The number of halogens is 2. The van der Waals surface area contributed by atoms with Gasteiger partial charge in [-0.1, -0.05) is 29.3 Å². The number of amides is 1. The number of aromatic amines is 1. The molecule has 1 heterocycles. The number of phenols is 1. The lowest BCUT2D eigenvalue weighted by atomic mass is 10.1. The number of nitrogens with zero attached hydrogens (tertiary/aromatic N) is 2. The Labute approximate surface area is 159 Å². The molecule has 0 aliphatic rings. The second kappa shape index (κ2) is 7.59. The van der Waals surface area contributed by atoms with Crippen LogP contribution in [0.4, 0.5) is 0 Å². The summed E-state index contributed by atoms with van der Waals surface area (Å²) in [6.45, 7) is 1.75. The van der Waals surface area contributed by atoms with E-state index in [0.717, 1.165) is 11.1 Å². The summed E-state index contributed by atoms with van der Waals surface area (Å²) in [5.74, 6) is -0.264.